The standard InChI is InChI=1S/C13H20BrNO/c1-3-5-10(8-15)13(16)11-7-4-6-9(2)12(11)14/h4,6-7,10,13,16H,3,5,8,15H2,1-2H3. The minimum atomic E-state index is -0.473. The van der Waals surface area contributed by atoms with Gasteiger partial charge in [-0.15, -0.1) is 0 Å². The summed E-state index contributed by atoms with van der Waals surface area (Å²) in [6, 6.07) is 5.95. The summed E-state index contributed by atoms with van der Waals surface area (Å²) in [4.78, 5) is 0. The molecule has 16 heavy (non-hydrogen) atoms. The molecule has 0 amide bonds. The van der Waals surface area contributed by atoms with Crippen molar-refractivity contribution >= 4 is 15.9 Å². The van der Waals surface area contributed by atoms with E-state index in [2.05, 4.69) is 22.9 Å². The van der Waals surface area contributed by atoms with Gasteiger partial charge in [0.25, 0.3) is 0 Å². The summed E-state index contributed by atoms with van der Waals surface area (Å²) in [7, 11) is 0. The van der Waals surface area contributed by atoms with Crippen molar-refractivity contribution in [3.05, 3.63) is 33.8 Å². The summed E-state index contributed by atoms with van der Waals surface area (Å²) in [5, 5.41) is 10.3. The van der Waals surface area contributed by atoms with Gasteiger partial charge in [0.1, 0.15) is 0 Å². The van der Waals surface area contributed by atoms with Crippen LogP contribution in [0.3, 0.4) is 0 Å². The van der Waals surface area contributed by atoms with Gasteiger partial charge in [0.2, 0.25) is 0 Å². The van der Waals surface area contributed by atoms with Crippen molar-refractivity contribution in [2.45, 2.75) is 32.8 Å². The number of aliphatic hydroxyl groups excluding tert-OH is 1. The second-order valence-electron chi connectivity index (χ2n) is 4.21. The van der Waals surface area contributed by atoms with Crippen LogP contribution < -0.4 is 5.73 Å². The molecule has 2 unspecified atom stereocenters. The molecule has 3 N–H and O–H groups in total. The van der Waals surface area contributed by atoms with Crippen LogP contribution in [0.25, 0.3) is 0 Å². The van der Waals surface area contributed by atoms with Crippen LogP contribution in [-0.4, -0.2) is 11.7 Å². The number of aryl methyl sites for hydroxylation is 1. The van der Waals surface area contributed by atoms with Gasteiger partial charge in [-0.05, 0) is 31.0 Å². The smallest absolute Gasteiger partial charge is 0.0841 e. The molecule has 0 bridgehead atoms. The molecule has 1 aromatic rings. The summed E-state index contributed by atoms with van der Waals surface area (Å²) in [6.45, 7) is 4.66. The van der Waals surface area contributed by atoms with E-state index < -0.39 is 6.10 Å². The molecule has 0 saturated heterocycles. The highest BCUT2D eigenvalue weighted by atomic mass is 79.9. The summed E-state index contributed by atoms with van der Waals surface area (Å²) in [5.41, 5.74) is 7.80. The number of halogens is 1. The summed E-state index contributed by atoms with van der Waals surface area (Å²) in [5.74, 6) is 0.142. The Labute approximate surface area is 106 Å². The van der Waals surface area contributed by atoms with Crippen LogP contribution in [0.15, 0.2) is 22.7 Å². The average Bonchev–Trinajstić information content (AvgIpc) is 2.29. The number of hydrogen-bond acceptors (Lipinski definition) is 2. The molecule has 0 heterocycles. The lowest BCUT2D eigenvalue weighted by molar-refractivity contribution is 0.106. The molecule has 1 rings (SSSR count). The van der Waals surface area contributed by atoms with Crippen LogP contribution in [0.2, 0.25) is 0 Å². The van der Waals surface area contributed by atoms with Gasteiger partial charge in [-0.3, -0.25) is 0 Å². The molecule has 0 aliphatic rings. The minimum Gasteiger partial charge on any atom is -0.388 e. The molecule has 90 valence electrons. The zero-order valence-electron chi connectivity index (χ0n) is 9.91. The quantitative estimate of drug-likeness (QED) is 0.873. The lowest BCUT2D eigenvalue weighted by atomic mass is 9.91. The Morgan fingerprint density at radius 1 is 1.44 bits per heavy atom. The van der Waals surface area contributed by atoms with Gasteiger partial charge in [0, 0.05) is 10.4 Å². The fourth-order valence-electron chi connectivity index (χ4n) is 1.93. The Kier molecular flexibility index (Phi) is 5.46. The normalized spacial score (nSPS) is 14.8. The Morgan fingerprint density at radius 2 is 2.12 bits per heavy atom. The second kappa shape index (κ2) is 6.38. The predicted molar refractivity (Wildman–Crippen MR) is 71.3 cm³/mol. The third-order valence-corrected chi connectivity index (χ3v) is 4.03. The van der Waals surface area contributed by atoms with Crippen molar-refractivity contribution < 1.29 is 5.11 Å². The van der Waals surface area contributed by atoms with Gasteiger partial charge >= 0.3 is 0 Å². The van der Waals surface area contributed by atoms with E-state index in [-0.39, 0.29) is 5.92 Å². The van der Waals surface area contributed by atoms with Crippen molar-refractivity contribution in [1.29, 1.82) is 0 Å². The average molecular weight is 286 g/mol. The molecule has 3 heteroatoms. The molecular weight excluding hydrogens is 266 g/mol. The lowest BCUT2D eigenvalue weighted by Gasteiger charge is -2.22. The van der Waals surface area contributed by atoms with E-state index in [0.717, 1.165) is 28.4 Å². The molecule has 1 aromatic carbocycles. The Hall–Kier alpha value is -0.380. The molecule has 0 radical (unpaired) electrons. The van der Waals surface area contributed by atoms with Crippen LogP contribution in [0.1, 0.15) is 37.0 Å². The first-order chi connectivity index (χ1) is 7.61. The first-order valence-electron chi connectivity index (χ1n) is 5.75. The molecule has 0 aromatic heterocycles. The van der Waals surface area contributed by atoms with Crippen molar-refractivity contribution in [3.63, 3.8) is 0 Å². The zero-order valence-corrected chi connectivity index (χ0v) is 11.5. The van der Waals surface area contributed by atoms with Gasteiger partial charge < -0.3 is 10.8 Å². The van der Waals surface area contributed by atoms with E-state index in [9.17, 15) is 5.11 Å². The van der Waals surface area contributed by atoms with E-state index in [0.29, 0.717) is 6.54 Å². The molecule has 0 spiro atoms. The highest BCUT2D eigenvalue weighted by Crippen LogP contribution is 2.32. The predicted octanol–water partition coefficient (Wildman–Crippen LogP) is 3.17. The molecule has 0 fully saturated rings. The minimum absolute atomic E-state index is 0.142. The van der Waals surface area contributed by atoms with E-state index >= 15 is 0 Å². The van der Waals surface area contributed by atoms with Gasteiger partial charge in [0.15, 0.2) is 0 Å². The topological polar surface area (TPSA) is 46.2 Å². The zero-order chi connectivity index (χ0) is 12.1. The summed E-state index contributed by atoms with van der Waals surface area (Å²) < 4.78 is 0.997. The maximum Gasteiger partial charge on any atom is 0.0841 e. The van der Waals surface area contributed by atoms with Crippen LogP contribution in [0.4, 0.5) is 0 Å². The Balaban J connectivity index is 2.94. The van der Waals surface area contributed by atoms with Crippen LogP contribution >= 0.6 is 15.9 Å². The first-order valence-corrected chi connectivity index (χ1v) is 6.54. The third kappa shape index (κ3) is 3.06. The van der Waals surface area contributed by atoms with Gasteiger partial charge in [-0.1, -0.05) is 47.5 Å². The fourth-order valence-corrected chi connectivity index (χ4v) is 2.43. The van der Waals surface area contributed by atoms with Crippen LogP contribution in [-0.2, 0) is 0 Å². The maximum atomic E-state index is 10.3. The van der Waals surface area contributed by atoms with Crippen molar-refractivity contribution in [2.75, 3.05) is 6.54 Å². The first kappa shape index (κ1) is 13.7. The lowest BCUT2D eigenvalue weighted by Crippen LogP contribution is -2.22. The molecule has 2 atom stereocenters. The number of benzene rings is 1. The highest BCUT2D eigenvalue weighted by Gasteiger charge is 2.21. The third-order valence-electron chi connectivity index (χ3n) is 2.95. The molecular formula is C13H20BrNO. The maximum absolute atomic E-state index is 10.3. The van der Waals surface area contributed by atoms with Crippen molar-refractivity contribution in [2.24, 2.45) is 11.7 Å². The van der Waals surface area contributed by atoms with E-state index in [1.54, 1.807) is 0 Å². The van der Waals surface area contributed by atoms with Gasteiger partial charge in [-0.2, -0.15) is 0 Å². The van der Waals surface area contributed by atoms with E-state index in [1.807, 2.05) is 25.1 Å². The van der Waals surface area contributed by atoms with Crippen LogP contribution in [0.5, 0.6) is 0 Å². The molecule has 0 aliphatic carbocycles. The van der Waals surface area contributed by atoms with E-state index in [1.165, 1.54) is 0 Å². The molecule has 0 saturated carbocycles. The van der Waals surface area contributed by atoms with Crippen molar-refractivity contribution in [1.82, 2.24) is 0 Å². The number of rotatable bonds is 5. The van der Waals surface area contributed by atoms with Crippen LogP contribution in [0, 0.1) is 12.8 Å². The SMILES string of the molecule is CCCC(CN)C(O)c1cccc(C)c1Br. The van der Waals surface area contributed by atoms with Gasteiger partial charge in [-0.25, -0.2) is 0 Å². The summed E-state index contributed by atoms with van der Waals surface area (Å²) in [6.07, 6.45) is 1.53. The molecule has 2 nitrogen and oxygen atoms in total. The summed E-state index contributed by atoms with van der Waals surface area (Å²) >= 11 is 3.53. The number of hydrogen-bond donors (Lipinski definition) is 2. The fraction of sp³-hybridized carbons (Fsp3) is 0.538. The van der Waals surface area contributed by atoms with Crippen molar-refractivity contribution in [3.8, 4) is 0 Å². The largest absolute Gasteiger partial charge is 0.388 e. The Morgan fingerprint density at radius 3 is 2.69 bits per heavy atom. The second-order valence-corrected chi connectivity index (χ2v) is 5.00. The molecule has 0 aliphatic heterocycles. The number of aliphatic hydroxyl groups is 1. The highest BCUT2D eigenvalue weighted by molar-refractivity contribution is 9.10. The monoisotopic (exact) mass is 285 g/mol. The van der Waals surface area contributed by atoms with E-state index in [4.69, 9.17) is 5.73 Å². The number of nitrogens with two attached hydrogens (primary N) is 1. The van der Waals surface area contributed by atoms with Gasteiger partial charge in [0.05, 0.1) is 6.10 Å². The Bertz CT molecular complexity index is 341.